The predicted octanol–water partition coefficient (Wildman–Crippen LogP) is 4.88. The van der Waals surface area contributed by atoms with Gasteiger partial charge in [0.2, 0.25) is 5.91 Å². The molecule has 3 rings (SSSR count). The number of rotatable bonds is 8. The van der Waals surface area contributed by atoms with Crippen molar-refractivity contribution in [3.8, 4) is 11.5 Å². The second-order valence-corrected chi connectivity index (χ2v) is 7.98. The van der Waals surface area contributed by atoms with Gasteiger partial charge >= 0.3 is 0 Å². The number of para-hydroxylation sites is 1. The third kappa shape index (κ3) is 3.98. The van der Waals surface area contributed by atoms with Crippen molar-refractivity contribution in [2.45, 2.75) is 37.0 Å². The first kappa shape index (κ1) is 18.6. The number of methoxy groups -OCH3 is 1. The van der Waals surface area contributed by atoms with E-state index in [4.69, 9.17) is 9.47 Å². The largest absolute Gasteiger partial charge is 0.496 e. The third-order valence-corrected chi connectivity index (χ3v) is 5.76. The fraction of sp³-hybridized carbons (Fsp3) is 0.381. The van der Waals surface area contributed by atoms with Crippen LogP contribution >= 0.6 is 11.8 Å². The normalized spacial score (nSPS) is 14.7. The molecule has 0 spiro atoms. The van der Waals surface area contributed by atoms with Crippen molar-refractivity contribution in [1.29, 1.82) is 0 Å². The Morgan fingerprint density at radius 3 is 2.73 bits per heavy atom. The number of benzene rings is 2. The number of unbranched alkanes of at least 4 members (excludes halogenated alkanes) is 1. The summed E-state index contributed by atoms with van der Waals surface area (Å²) in [6, 6.07) is 13.9. The SMILES string of the molecule is COc1ccccc1SCCCCOc1ccc2c(c1)C(C)(C)C(=O)N2. The highest BCUT2D eigenvalue weighted by Crippen LogP contribution is 2.39. The maximum absolute atomic E-state index is 12.0. The molecule has 1 aliphatic rings. The van der Waals surface area contributed by atoms with Crippen LogP contribution in [-0.4, -0.2) is 25.4 Å². The van der Waals surface area contributed by atoms with Gasteiger partial charge in [0.05, 0.1) is 19.1 Å². The highest BCUT2D eigenvalue weighted by Gasteiger charge is 2.38. The molecule has 2 aromatic carbocycles. The summed E-state index contributed by atoms with van der Waals surface area (Å²) in [6.45, 7) is 4.55. The molecule has 1 aliphatic heterocycles. The average molecular weight is 372 g/mol. The maximum Gasteiger partial charge on any atom is 0.234 e. The summed E-state index contributed by atoms with van der Waals surface area (Å²) in [6.07, 6.45) is 2.05. The minimum Gasteiger partial charge on any atom is -0.496 e. The molecule has 2 aromatic rings. The van der Waals surface area contributed by atoms with E-state index in [0.29, 0.717) is 6.61 Å². The Hall–Kier alpha value is -2.14. The zero-order valence-corrected chi connectivity index (χ0v) is 16.3. The lowest BCUT2D eigenvalue weighted by Crippen LogP contribution is -2.26. The van der Waals surface area contributed by atoms with E-state index in [2.05, 4.69) is 11.4 Å². The lowest BCUT2D eigenvalue weighted by molar-refractivity contribution is -0.119. The highest BCUT2D eigenvalue weighted by molar-refractivity contribution is 7.99. The van der Waals surface area contributed by atoms with Crippen LogP contribution in [0.1, 0.15) is 32.3 Å². The Labute approximate surface area is 159 Å². The fourth-order valence-electron chi connectivity index (χ4n) is 2.95. The molecule has 1 N–H and O–H groups in total. The number of anilines is 1. The second kappa shape index (κ2) is 8.04. The monoisotopic (exact) mass is 371 g/mol. The summed E-state index contributed by atoms with van der Waals surface area (Å²) in [5, 5.41) is 2.92. The molecular weight excluding hydrogens is 346 g/mol. The Morgan fingerprint density at radius 1 is 1.12 bits per heavy atom. The van der Waals surface area contributed by atoms with Crippen LogP contribution in [0.3, 0.4) is 0 Å². The first-order valence-corrected chi connectivity index (χ1v) is 9.85. The number of carbonyl (C=O) groups excluding carboxylic acids is 1. The standard InChI is InChI=1S/C21H25NO3S/c1-21(2)16-14-15(10-11-17(16)22-20(21)23)25-12-6-7-13-26-19-9-5-4-8-18(19)24-3/h4-5,8-11,14H,6-7,12-13H2,1-3H3,(H,22,23). The van der Waals surface area contributed by atoms with Crippen molar-refractivity contribution in [2.75, 3.05) is 24.8 Å². The average Bonchev–Trinajstić information content (AvgIpc) is 2.87. The van der Waals surface area contributed by atoms with Gasteiger partial charge in [0, 0.05) is 10.6 Å². The van der Waals surface area contributed by atoms with Gasteiger partial charge in [0.15, 0.2) is 0 Å². The van der Waals surface area contributed by atoms with Crippen LogP contribution in [0.25, 0.3) is 0 Å². The molecule has 1 amide bonds. The molecule has 4 nitrogen and oxygen atoms in total. The first-order chi connectivity index (χ1) is 12.5. The number of ether oxygens (including phenoxy) is 2. The van der Waals surface area contributed by atoms with Gasteiger partial charge in [-0.05, 0) is 68.3 Å². The number of nitrogens with one attached hydrogen (secondary N) is 1. The first-order valence-electron chi connectivity index (χ1n) is 8.87. The van der Waals surface area contributed by atoms with Crippen molar-refractivity contribution in [2.24, 2.45) is 0 Å². The number of fused-ring (bicyclic) bond motifs is 1. The van der Waals surface area contributed by atoms with Gasteiger partial charge in [-0.1, -0.05) is 12.1 Å². The van der Waals surface area contributed by atoms with Crippen molar-refractivity contribution >= 4 is 23.4 Å². The molecule has 0 radical (unpaired) electrons. The van der Waals surface area contributed by atoms with E-state index in [0.717, 1.165) is 41.3 Å². The lowest BCUT2D eigenvalue weighted by atomic mass is 9.86. The lowest BCUT2D eigenvalue weighted by Gasteiger charge is -2.16. The van der Waals surface area contributed by atoms with E-state index in [1.165, 1.54) is 4.90 Å². The Morgan fingerprint density at radius 2 is 1.92 bits per heavy atom. The molecule has 0 aromatic heterocycles. The van der Waals surface area contributed by atoms with Crippen molar-refractivity contribution in [1.82, 2.24) is 0 Å². The van der Waals surface area contributed by atoms with Gasteiger partial charge in [-0.25, -0.2) is 0 Å². The number of amides is 1. The smallest absolute Gasteiger partial charge is 0.234 e. The molecule has 0 saturated carbocycles. The van der Waals surface area contributed by atoms with Crippen LogP contribution in [0.15, 0.2) is 47.4 Å². The molecule has 5 heteroatoms. The van der Waals surface area contributed by atoms with Gasteiger partial charge in [-0.3, -0.25) is 4.79 Å². The number of carbonyl (C=O) groups is 1. The molecule has 0 aliphatic carbocycles. The predicted molar refractivity (Wildman–Crippen MR) is 107 cm³/mol. The van der Waals surface area contributed by atoms with Gasteiger partial charge in [-0.15, -0.1) is 11.8 Å². The fourth-order valence-corrected chi connectivity index (χ4v) is 3.99. The molecule has 26 heavy (non-hydrogen) atoms. The summed E-state index contributed by atoms with van der Waals surface area (Å²) >= 11 is 1.81. The van der Waals surface area contributed by atoms with E-state index >= 15 is 0 Å². The molecular formula is C21H25NO3S. The Kier molecular flexibility index (Phi) is 5.77. The topological polar surface area (TPSA) is 47.6 Å². The Bertz CT molecular complexity index is 789. The zero-order valence-electron chi connectivity index (χ0n) is 15.5. The van der Waals surface area contributed by atoms with Crippen molar-refractivity contribution in [3.05, 3.63) is 48.0 Å². The van der Waals surface area contributed by atoms with Crippen LogP contribution in [0.4, 0.5) is 5.69 Å². The van der Waals surface area contributed by atoms with E-state index in [-0.39, 0.29) is 5.91 Å². The van der Waals surface area contributed by atoms with E-state index in [1.54, 1.807) is 7.11 Å². The molecule has 0 unspecified atom stereocenters. The summed E-state index contributed by atoms with van der Waals surface area (Å²) < 4.78 is 11.3. The third-order valence-electron chi connectivity index (χ3n) is 4.61. The summed E-state index contributed by atoms with van der Waals surface area (Å²) in [5.74, 6) is 2.82. The number of hydrogen-bond acceptors (Lipinski definition) is 4. The molecule has 0 bridgehead atoms. The van der Waals surface area contributed by atoms with E-state index < -0.39 is 5.41 Å². The molecule has 0 atom stereocenters. The van der Waals surface area contributed by atoms with Gasteiger partial charge < -0.3 is 14.8 Å². The van der Waals surface area contributed by atoms with Crippen LogP contribution in [0.5, 0.6) is 11.5 Å². The zero-order chi connectivity index (χ0) is 18.6. The highest BCUT2D eigenvalue weighted by atomic mass is 32.2. The van der Waals surface area contributed by atoms with Gasteiger partial charge in [0.25, 0.3) is 0 Å². The minimum atomic E-state index is -0.500. The molecule has 1 heterocycles. The van der Waals surface area contributed by atoms with Gasteiger partial charge in [-0.2, -0.15) is 0 Å². The van der Waals surface area contributed by atoms with E-state index in [1.807, 2.05) is 62.0 Å². The number of thioether (sulfide) groups is 1. The van der Waals surface area contributed by atoms with Crippen LogP contribution in [0.2, 0.25) is 0 Å². The number of hydrogen-bond donors (Lipinski definition) is 1. The quantitative estimate of drug-likeness (QED) is 0.531. The molecule has 138 valence electrons. The van der Waals surface area contributed by atoms with E-state index in [9.17, 15) is 4.79 Å². The van der Waals surface area contributed by atoms with Crippen molar-refractivity contribution in [3.63, 3.8) is 0 Å². The van der Waals surface area contributed by atoms with Crippen LogP contribution < -0.4 is 14.8 Å². The second-order valence-electron chi connectivity index (χ2n) is 6.84. The summed E-state index contributed by atoms with van der Waals surface area (Å²) in [4.78, 5) is 13.2. The Balaban J connectivity index is 1.44. The molecule has 0 fully saturated rings. The van der Waals surface area contributed by atoms with Crippen molar-refractivity contribution < 1.29 is 14.3 Å². The minimum absolute atomic E-state index is 0.0398. The summed E-state index contributed by atoms with van der Waals surface area (Å²) in [7, 11) is 1.70. The van der Waals surface area contributed by atoms with Crippen LogP contribution in [-0.2, 0) is 10.2 Å². The summed E-state index contributed by atoms with van der Waals surface area (Å²) in [5.41, 5.74) is 1.40. The maximum atomic E-state index is 12.0. The van der Waals surface area contributed by atoms with Crippen LogP contribution in [0, 0.1) is 0 Å². The van der Waals surface area contributed by atoms with Gasteiger partial charge in [0.1, 0.15) is 11.5 Å². The molecule has 0 saturated heterocycles.